The van der Waals surface area contributed by atoms with Crippen LogP contribution in [0.15, 0.2) is 18.9 Å². The fourth-order valence-electron chi connectivity index (χ4n) is 1.27. The maximum Gasteiger partial charge on any atom is 0.318 e. The number of rotatable bonds is 4. The Morgan fingerprint density at radius 3 is 3.13 bits per heavy atom. The third-order valence-electron chi connectivity index (χ3n) is 1.88. The molecule has 0 atom stereocenters. The number of hydrogen-bond acceptors (Lipinski definition) is 4. The van der Waals surface area contributed by atoms with Crippen LogP contribution in [0.2, 0.25) is 0 Å². The lowest BCUT2D eigenvalue weighted by atomic mass is 10.4. The molecule has 0 fully saturated rings. The molecule has 2 rings (SSSR count). The molecular formula is C10H12N4O. The highest BCUT2D eigenvalue weighted by atomic mass is 16.5. The van der Waals surface area contributed by atoms with Gasteiger partial charge in [-0.25, -0.2) is 9.97 Å². The average molecular weight is 204 g/mol. The summed E-state index contributed by atoms with van der Waals surface area (Å²) < 4.78 is 5.19. The van der Waals surface area contributed by atoms with Gasteiger partial charge in [0.05, 0.1) is 12.8 Å². The molecule has 1 N–H and O–H groups in total. The van der Waals surface area contributed by atoms with Crippen LogP contribution in [0.5, 0.6) is 6.01 Å². The highest BCUT2D eigenvalue weighted by Crippen LogP contribution is 2.11. The van der Waals surface area contributed by atoms with E-state index in [9.17, 15) is 0 Å². The van der Waals surface area contributed by atoms with Crippen molar-refractivity contribution in [1.29, 1.82) is 0 Å². The van der Waals surface area contributed by atoms with E-state index in [1.54, 1.807) is 12.3 Å². The van der Waals surface area contributed by atoms with Crippen molar-refractivity contribution in [1.82, 2.24) is 19.9 Å². The molecule has 0 radical (unpaired) electrons. The molecule has 78 valence electrons. The highest BCUT2D eigenvalue weighted by molar-refractivity contribution is 5.69. The molecule has 0 amide bonds. The Morgan fingerprint density at radius 1 is 1.53 bits per heavy atom. The SMILES string of the molecule is C=CCc1nc2nc(OCC)ncc2[nH]1. The van der Waals surface area contributed by atoms with Gasteiger partial charge in [-0.1, -0.05) is 6.08 Å². The quantitative estimate of drug-likeness (QED) is 0.766. The average Bonchev–Trinajstić information content (AvgIpc) is 2.60. The second-order valence-electron chi connectivity index (χ2n) is 3.00. The first-order chi connectivity index (χ1) is 7.33. The summed E-state index contributed by atoms with van der Waals surface area (Å²) in [7, 11) is 0. The molecule has 0 aliphatic carbocycles. The van der Waals surface area contributed by atoms with Crippen LogP contribution in [0, 0.1) is 0 Å². The standard InChI is InChI=1S/C10H12N4O/c1-3-5-8-12-7-6-11-10(15-4-2)14-9(7)13-8/h3,6H,1,4-5H2,2H3,(H,11,12,13,14). The Bertz CT molecular complexity index is 477. The fourth-order valence-corrected chi connectivity index (χ4v) is 1.27. The van der Waals surface area contributed by atoms with E-state index in [-0.39, 0.29) is 0 Å². The van der Waals surface area contributed by atoms with E-state index < -0.39 is 0 Å². The molecule has 5 heteroatoms. The van der Waals surface area contributed by atoms with Crippen molar-refractivity contribution in [3.63, 3.8) is 0 Å². The Balaban J connectivity index is 2.38. The first-order valence-corrected chi connectivity index (χ1v) is 4.78. The minimum atomic E-state index is 0.363. The third-order valence-corrected chi connectivity index (χ3v) is 1.88. The first kappa shape index (κ1) is 9.64. The molecule has 0 unspecified atom stereocenters. The second kappa shape index (κ2) is 4.08. The molecule has 0 spiro atoms. The van der Waals surface area contributed by atoms with Crippen molar-refractivity contribution in [2.75, 3.05) is 6.61 Å². The molecular weight excluding hydrogens is 192 g/mol. The van der Waals surface area contributed by atoms with Crippen LogP contribution < -0.4 is 4.74 Å². The van der Waals surface area contributed by atoms with E-state index in [2.05, 4.69) is 26.5 Å². The Hall–Kier alpha value is -1.91. The molecule has 0 aliphatic rings. The minimum Gasteiger partial charge on any atom is -0.464 e. The number of hydrogen-bond donors (Lipinski definition) is 1. The van der Waals surface area contributed by atoms with Crippen LogP contribution in [-0.2, 0) is 6.42 Å². The summed E-state index contributed by atoms with van der Waals surface area (Å²) in [6, 6.07) is 0.363. The van der Waals surface area contributed by atoms with Crippen LogP contribution in [-0.4, -0.2) is 26.5 Å². The van der Waals surface area contributed by atoms with Crippen molar-refractivity contribution < 1.29 is 4.74 Å². The predicted octanol–water partition coefficient (Wildman–Crippen LogP) is 1.48. The molecule has 2 aromatic rings. The zero-order valence-corrected chi connectivity index (χ0v) is 8.53. The maximum absolute atomic E-state index is 5.19. The van der Waals surface area contributed by atoms with Gasteiger partial charge in [0.2, 0.25) is 0 Å². The number of imidazole rings is 1. The zero-order valence-electron chi connectivity index (χ0n) is 8.53. The largest absolute Gasteiger partial charge is 0.464 e. The van der Waals surface area contributed by atoms with Crippen molar-refractivity contribution in [3.8, 4) is 6.01 Å². The van der Waals surface area contributed by atoms with Gasteiger partial charge in [0.15, 0.2) is 5.65 Å². The van der Waals surface area contributed by atoms with Crippen molar-refractivity contribution >= 4 is 11.2 Å². The van der Waals surface area contributed by atoms with Crippen molar-refractivity contribution in [3.05, 3.63) is 24.7 Å². The van der Waals surface area contributed by atoms with Crippen LogP contribution in [0.4, 0.5) is 0 Å². The van der Waals surface area contributed by atoms with E-state index in [1.165, 1.54) is 0 Å². The smallest absolute Gasteiger partial charge is 0.318 e. The lowest BCUT2D eigenvalue weighted by Crippen LogP contribution is -1.96. The van der Waals surface area contributed by atoms with Crippen molar-refractivity contribution in [2.24, 2.45) is 0 Å². The number of aromatic nitrogens is 4. The van der Waals surface area contributed by atoms with E-state index >= 15 is 0 Å². The topological polar surface area (TPSA) is 63.7 Å². The molecule has 0 saturated heterocycles. The van der Waals surface area contributed by atoms with E-state index in [0.717, 1.165) is 11.3 Å². The molecule has 0 aliphatic heterocycles. The number of aromatic amines is 1. The number of nitrogens with one attached hydrogen (secondary N) is 1. The summed E-state index contributed by atoms with van der Waals surface area (Å²) in [5, 5.41) is 0. The van der Waals surface area contributed by atoms with Gasteiger partial charge >= 0.3 is 6.01 Å². The molecule has 0 aromatic carbocycles. The number of ether oxygens (including phenoxy) is 1. The lowest BCUT2D eigenvalue weighted by Gasteiger charge is -1.97. The number of allylic oxidation sites excluding steroid dienone is 1. The molecule has 5 nitrogen and oxygen atoms in total. The molecule has 2 heterocycles. The van der Waals surface area contributed by atoms with Crippen LogP contribution >= 0.6 is 0 Å². The van der Waals surface area contributed by atoms with Crippen molar-refractivity contribution in [2.45, 2.75) is 13.3 Å². The Morgan fingerprint density at radius 2 is 2.40 bits per heavy atom. The third kappa shape index (κ3) is 1.96. The van der Waals surface area contributed by atoms with Gasteiger partial charge in [-0.2, -0.15) is 4.98 Å². The van der Waals surface area contributed by atoms with Gasteiger partial charge in [-0.3, -0.25) is 0 Å². The number of nitrogens with zero attached hydrogens (tertiary/aromatic N) is 3. The van der Waals surface area contributed by atoms with Gasteiger partial charge in [0, 0.05) is 6.42 Å². The summed E-state index contributed by atoms with van der Waals surface area (Å²) >= 11 is 0. The molecule has 0 bridgehead atoms. The molecule has 15 heavy (non-hydrogen) atoms. The van der Waals surface area contributed by atoms with Crippen LogP contribution in [0.25, 0.3) is 11.2 Å². The maximum atomic E-state index is 5.19. The van der Waals surface area contributed by atoms with E-state index in [1.807, 2.05) is 6.92 Å². The molecule has 0 saturated carbocycles. The zero-order chi connectivity index (χ0) is 10.7. The fraction of sp³-hybridized carbons (Fsp3) is 0.300. The van der Waals surface area contributed by atoms with E-state index in [4.69, 9.17) is 4.74 Å². The minimum absolute atomic E-state index is 0.363. The summed E-state index contributed by atoms with van der Waals surface area (Å²) in [6.45, 7) is 6.09. The summed E-state index contributed by atoms with van der Waals surface area (Å²) in [5.74, 6) is 0.836. The molecule has 2 aromatic heterocycles. The number of fused-ring (bicyclic) bond motifs is 1. The monoisotopic (exact) mass is 204 g/mol. The van der Waals surface area contributed by atoms with Crippen LogP contribution in [0.3, 0.4) is 0 Å². The number of H-pyrrole nitrogens is 1. The van der Waals surface area contributed by atoms with Crippen LogP contribution in [0.1, 0.15) is 12.7 Å². The Labute approximate surface area is 87.2 Å². The van der Waals surface area contributed by atoms with Gasteiger partial charge in [0.1, 0.15) is 11.3 Å². The summed E-state index contributed by atoms with van der Waals surface area (Å²) in [5.41, 5.74) is 1.45. The van der Waals surface area contributed by atoms with Gasteiger partial charge in [-0.15, -0.1) is 6.58 Å². The lowest BCUT2D eigenvalue weighted by molar-refractivity contribution is 0.314. The van der Waals surface area contributed by atoms with Gasteiger partial charge in [0.25, 0.3) is 0 Å². The second-order valence-corrected chi connectivity index (χ2v) is 3.00. The van der Waals surface area contributed by atoms with E-state index in [0.29, 0.717) is 24.7 Å². The predicted molar refractivity (Wildman–Crippen MR) is 56.8 cm³/mol. The first-order valence-electron chi connectivity index (χ1n) is 4.78. The van der Waals surface area contributed by atoms with Gasteiger partial charge < -0.3 is 9.72 Å². The van der Waals surface area contributed by atoms with Gasteiger partial charge in [-0.05, 0) is 6.92 Å². The Kier molecular flexibility index (Phi) is 2.62. The highest BCUT2D eigenvalue weighted by Gasteiger charge is 2.05. The summed E-state index contributed by atoms with van der Waals surface area (Å²) in [6.07, 6.45) is 4.15. The summed E-state index contributed by atoms with van der Waals surface area (Å²) in [4.78, 5) is 15.6. The normalized spacial score (nSPS) is 10.5.